The van der Waals surface area contributed by atoms with Gasteiger partial charge >= 0.3 is 11.9 Å². The predicted octanol–water partition coefficient (Wildman–Crippen LogP) is 4.88. The molecule has 0 fully saturated rings. The number of hydrogen-bond acceptors (Lipinski definition) is 8. The highest BCUT2D eigenvalue weighted by Gasteiger charge is 2.32. The van der Waals surface area contributed by atoms with Gasteiger partial charge in [-0.25, -0.2) is 0 Å². The van der Waals surface area contributed by atoms with Gasteiger partial charge in [0.05, 0.1) is 20.1 Å². The second-order valence-electron chi connectivity index (χ2n) is 7.15. The molecule has 0 saturated carbocycles. The summed E-state index contributed by atoms with van der Waals surface area (Å²) in [5.74, 6) is -0.502. The van der Waals surface area contributed by atoms with E-state index in [1.54, 1.807) is 57.2 Å². The van der Waals surface area contributed by atoms with Crippen molar-refractivity contribution in [2.75, 3.05) is 20.0 Å². The van der Waals surface area contributed by atoms with Crippen molar-refractivity contribution < 1.29 is 28.7 Å². The summed E-state index contributed by atoms with van der Waals surface area (Å²) >= 11 is 2.12. The number of carbonyl (C=O) groups is 4. The second-order valence-corrected chi connectivity index (χ2v) is 9.73. The third kappa shape index (κ3) is 9.28. The molecule has 0 radical (unpaired) electrons. The molecule has 0 N–H and O–H groups in total. The van der Waals surface area contributed by atoms with E-state index in [9.17, 15) is 19.2 Å². The lowest BCUT2D eigenvalue weighted by atomic mass is 10.2. The standard InChI is InChI=1S/2C12H14O3S/c1-12(2,11(14)15-3)16-10(13)9-7-5-4-6-8-9;1-9(11(13)15-2)8-16-12(14)10-6-4-3-5-7-10/h4-8H,1-3H3;3-7,9H,8H2,1-2H3. The number of carbonyl (C=O) groups excluding carboxylic acids is 4. The number of thioether (sulfide) groups is 2. The van der Waals surface area contributed by atoms with Gasteiger partial charge in [0.2, 0.25) is 10.2 Å². The minimum Gasteiger partial charge on any atom is -0.469 e. The molecule has 0 aliphatic heterocycles. The van der Waals surface area contributed by atoms with Crippen molar-refractivity contribution in [2.45, 2.75) is 25.5 Å². The van der Waals surface area contributed by atoms with Gasteiger partial charge in [-0.2, -0.15) is 0 Å². The smallest absolute Gasteiger partial charge is 0.321 e. The Labute approximate surface area is 197 Å². The molecule has 0 aromatic heterocycles. The van der Waals surface area contributed by atoms with Crippen LogP contribution in [-0.2, 0) is 19.1 Å². The zero-order valence-electron chi connectivity index (χ0n) is 18.8. The average molecular weight is 477 g/mol. The normalized spacial score (nSPS) is 11.4. The Bertz CT molecular complexity index is 897. The minimum atomic E-state index is -0.859. The summed E-state index contributed by atoms with van der Waals surface area (Å²) < 4.78 is 8.37. The molecule has 1 atom stereocenters. The molecule has 0 saturated heterocycles. The summed E-state index contributed by atoms with van der Waals surface area (Å²) in [6, 6.07) is 17.9. The van der Waals surface area contributed by atoms with Crippen LogP contribution in [0.5, 0.6) is 0 Å². The van der Waals surface area contributed by atoms with Crippen LogP contribution in [-0.4, -0.2) is 46.9 Å². The summed E-state index contributed by atoms with van der Waals surface area (Å²) in [5, 5.41) is -0.146. The van der Waals surface area contributed by atoms with Crippen molar-refractivity contribution in [1.29, 1.82) is 0 Å². The van der Waals surface area contributed by atoms with Gasteiger partial charge in [-0.1, -0.05) is 91.1 Å². The Balaban J connectivity index is 0.000000320. The summed E-state index contributed by atoms with van der Waals surface area (Å²) in [6.07, 6.45) is 0. The van der Waals surface area contributed by atoms with Crippen molar-refractivity contribution in [3.63, 3.8) is 0 Å². The van der Waals surface area contributed by atoms with E-state index in [1.807, 2.05) is 24.3 Å². The van der Waals surface area contributed by atoms with Crippen LogP contribution in [0.25, 0.3) is 0 Å². The molecule has 172 valence electrons. The third-order valence-electron chi connectivity index (χ3n) is 4.11. The predicted molar refractivity (Wildman–Crippen MR) is 129 cm³/mol. The first-order valence-corrected chi connectivity index (χ1v) is 11.6. The molecule has 32 heavy (non-hydrogen) atoms. The molecule has 0 bridgehead atoms. The van der Waals surface area contributed by atoms with Gasteiger partial charge in [0.25, 0.3) is 0 Å². The molecule has 2 rings (SSSR count). The Hall–Kier alpha value is -2.58. The molecule has 1 unspecified atom stereocenters. The van der Waals surface area contributed by atoms with Gasteiger partial charge in [-0.15, -0.1) is 0 Å². The van der Waals surface area contributed by atoms with E-state index in [2.05, 4.69) is 9.47 Å². The van der Waals surface area contributed by atoms with Gasteiger partial charge in [0.15, 0.2) is 0 Å². The lowest BCUT2D eigenvalue weighted by Gasteiger charge is -2.19. The summed E-state index contributed by atoms with van der Waals surface area (Å²) in [5.41, 5.74) is 1.24. The molecule has 0 amide bonds. The van der Waals surface area contributed by atoms with E-state index in [1.165, 1.54) is 14.2 Å². The first-order chi connectivity index (χ1) is 15.1. The summed E-state index contributed by atoms with van der Waals surface area (Å²) in [7, 11) is 2.67. The minimum absolute atomic E-state index is 0.0173. The zero-order chi connectivity index (χ0) is 24.1. The largest absolute Gasteiger partial charge is 0.469 e. The Kier molecular flexibility index (Phi) is 11.8. The summed E-state index contributed by atoms with van der Waals surface area (Å²) in [6.45, 7) is 5.09. The second kappa shape index (κ2) is 13.8. The molecule has 2 aromatic rings. The van der Waals surface area contributed by atoms with Crippen LogP contribution in [0.2, 0.25) is 0 Å². The topological polar surface area (TPSA) is 86.7 Å². The fourth-order valence-electron chi connectivity index (χ4n) is 2.28. The van der Waals surface area contributed by atoms with Gasteiger partial charge < -0.3 is 9.47 Å². The molecule has 0 aliphatic carbocycles. The van der Waals surface area contributed by atoms with Crippen LogP contribution in [0.3, 0.4) is 0 Å². The van der Waals surface area contributed by atoms with E-state index < -0.39 is 10.7 Å². The van der Waals surface area contributed by atoms with Crippen molar-refractivity contribution in [1.82, 2.24) is 0 Å². The van der Waals surface area contributed by atoms with E-state index in [4.69, 9.17) is 0 Å². The maximum absolute atomic E-state index is 11.8. The Morgan fingerprint density at radius 1 is 0.812 bits per heavy atom. The molecular formula is C24H28O6S2. The lowest BCUT2D eigenvalue weighted by Crippen LogP contribution is -2.30. The molecule has 8 heteroatoms. The highest BCUT2D eigenvalue weighted by Crippen LogP contribution is 2.29. The Morgan fingerprint density at radius 3 is 1.72 bits per heavy atom. The molecule has 0 heterocycles. The van der Waals surface area contributed by atoms with Crippen LogP contribution in [0.1, 0.15) is 41.5 Å². The van der Waals surface area contributed by atoms with Crippen LogP contribution >= 0.6 is 23.5 Å². The SMILES string of the molecule is COC(=O)C(C)(C)SC(=O)c1ccccc1.COC(=O)C(C)CSC(=O)c1ccccc1. The highest BCUT2D eigenvalue weighted by atomic mass is 32.2. The number of ether oxygens (including phenoxy) is 2. The number of esters is 2. The molecule has 2 aromatic carbocycles. The number of benzene rings is 2. The van der Waals surface area contributed by atoms with Gasteiger partial charge in [-0.3, -0.25) is 19.2 Å². The van der Waals surface area contributed by atoms with E-state index >= 15 is 0 Å². The molecular weight excluding hydrogens is 448 g/mol. The van der Waals surface area contributed by atoms with E-state index in [-0.39, 0.29) is 22.1 Å². The van der Waals surface area contributed by atoms with Crippen molar-refractivity contribution in [3.8, 4) is 0 Å². The molecule has 0 aliphatic rings. The van der Waals surface area contributed by atoms with Gasteiger partial charge in [-0.05, 0) is 13.8 Å². The fourth-order valence-corrected chi connectivity index (χ4v) is 4.00. The van der Waals surface area contributed by atoms with Crippen LogP contribution in [0.15, 0.2) is 60.7 Å². The maximum atomic E-state index is 11.8. The summed E-state index contributed by atoms with van der Waals surface area (Å²) in [4.78, 5) is 46.0. The van der Waals surface area contributed by atoms with E-state index in [0.717, 1.165) is 23.5 Å². The maximum Gasteiger partial charge on any atom is 0.321 e. The monoisotopic (exact) mass is 476 g/mol. The first kappa shape index (κ1) is 27.5. The highest BCUT2D eigenvalue weighted by molar-refractivity contribution is 8.15. The van der Waals surface area contributed by atoms with Gasteiger partial charge in [0.1, 0.15) is 4.75 Å². The van der Waals surface area contributed by atoms with Crippen molar-refractivity contribution >= 4 is 45.7 Å². The quantitative estimate of drug-likeness (QED) is 0.523. The van der Waals surface area contributed by atoms with Crippen LogP contribution in [0, 0.1) is 5.92 Å². The molecule has 0 spiro atoms. The van der Waals surface area contributed by atoms with Gasteiger partial charge in [0, 0.05) is 16.9 Å². The average Bonchev–Trinajstić information content (AvgIpc) is 2.82. The first-order valence-electron chi connectivity index (χ1n) is 9.79. The third-order valence-corrected chi connectivity index (χ3v) is 6.37. The van der Waals surface area contributed by atoms with E-state index in [0.29, 0.717) is 16.9 Å². The van der Waals surface area contributed by atoms with Crippen molar-refractivity contribution in [2.24, 2.45) is 5.92 Å². The molecule has 6 nitrogen and oxygen atoms in total. The lowest BCUT2D eigenvalue weighted by molar-refractivity contribution is -0.144. The Morgan fingerprint density at radius 2 is 1.28 bits per heavy atom. The fraction of sp³-hybridized carbons (Fsp3) is 0.333. The van der Waals surface area contributed by atoms with Crippen molar-refractivity contribution in [3.05, 3.63) is 71.8 Å². The number of hydrogen-bond donors (Lipinski definition) is 0. The number of rotatable bonds is 7. The van der Waals surface area contributed by atoms with Crippen LogP contribution in [0.4, 0.5) is 0 Å². The van der Waals surface area contributed by atoms with Crippen LogP contribution < -0.4 is 0 Å². The number of methoxy groups -OCH3 is 2. The zero-order valence-corrected chi connectivity index (χ0v) is 20.5.